The van der Waals surface area contributed by atoms with E-state index in [9.17, 15) is 20.4 Å². The molecule has 0 radical (unpaired) electrons. The molecule has 0 bridgehead atoms. The number of hydrogen-bond acceptors (Lipinski definition) is 6. The Morgan fingerprint density at radius 2 is 0.962 bits per heavy atom. The Balaban J connectivity index is 2.52. The first-order valence-electron chi connectivity index (χ1n) is 18.2. The Morgan fingerprint density at radius 1 is 0.558 bits per heavy atom. The molecule has 1 saturated heterocycles. The third kappa shape index (κ3) is 21.0. The molecule has 1 rings (SSSR count). The first-order chi connectivity index (χ1) is 24.5. The van der Waals surface area contributed by atoms with Gasteiger partial charge in [-0.05, 0) is 88.5 Å². The first-order valence-corrected chi connectivity index (χ1v) is 18.2. The predicted octanol–water partition coefficient (Wildman–Crippen LogP) is 9.73. The molecule has 1 aliphatic rings. The van der Waals surface area contributed by atoms with Crippen molar-refractivity contribution >= 4 is 0 Å². The van der Waals surface area contributed by atoms with Gasteiger partial charge >= 0.3 is 0 Å². The van der Waals surface area contributed by atoms with Crippen LogP contribution in [0.2, 0.25) is 0 Å². The minimum Gasteiger partial charge on any atom is -0.394 e. The van der Waals surface area contributed by atoms with Gasteiger partial charge in [0.15, 0.2) is 6.29 Å². The third-order valence-electron chi connectivity index (χ3n) is 8.15. The largest absolute Gasteiger partial charge is 0.394 e. The van der Waals surface area contributed by atoms with E-state index in [1.165, 1.54) is 27.9 Å². The molecule has 0 aromatic rings. The third-order valence-corrected chi connectivity index (χ3v) is 8.15. The summed E-state index contributed by atoms with van der Waals surface area (Å²) in [4.78, 5) is 0. The van der Waals surface area contributed by atoms with Crippen LogP contribution >= 0.6 is 0 Å². The number of rotatable bonds is 19. The minimum atomic E-state index is -1.45. The molecule has 1 fully saturated rings. The Kier molecular flexibility index (Phi) is 22.6. The Bertz CT molecular complexity index is 1490. The molecule has 286 valence electrons. The standard InChI is InChI=1S/C46H66O6/c1-34(2)19-13-22-37(5)25-16-28-38(6)26-14-23-35(3)20-11-12-21-36(4)24-15-27-39(7)29-17-30-40(8)31-18-32-46(9,10)52-45-44(50)43(49)42(48)41(33-47)51-45/h11-17,19-30,41-45,47-50H,18,31-33H2,1-10H3/b12-11+,22-13+,23-14+,24-15+,28-16+,29-17+,35-20+,36-21+,37-25+,38-26+,39-27+,40-30+/t41-,42-,43+,44-,45+/m1/s1. The van der Waals surface area contributed by atoms with E-state index < -0.39 is 42.9 Å². The van der Waals surface area contributed by atoms with Crippen molar-refractivity contribution in [3.05, 3.63) is 154 Å². The van der Waals surface area contributed by atoms with Gasteiger partial charge in [0, 0.05) is 0 Å². The number of hydrogen-bond donors (Lipinski definition) is 4. The molecule has 52 heavy (non-hydrogen) atoms. The summed E-state index contributed by atoms with van der Waals surface area (Å²) in [7, 11) is 0. The maximum Gasteiger partial charge on any atom is 0.187 e. The molecule has 0 amide bonds. The molecule has 0 unspecified atom stereocenters. The SMILES string of the molecule is CC(C)=C/C=C/C(C)=C/C=C/C(C)=C/C=C/C(C)=C/C=C/C=C(C)/C=C/C=C(C)/C=C/C=C(\C)CCCC(C)(C)O[C@@H]1O[C@H](CO)[C@@H](O)[C@H](O)[C@H]1O. The summed E-state index contributed by atoms with van der Waals surface area (Å²) >= 11 is 0. The highest BCUT2D eigenvalue weighted by Crippen LogP contribution is 2.28. The van der Waals surface area contributed by atoms with Crippen LogP contribution in [0, 0.1) is 0 Å². The van der Waals surface area contributed by atoms with Gasteiger partial charge < -0.3 is 29.9 Å². The van der Waals surface area contributed by atoms with E-state index in [-0.39, 0.29) is 0 Å². The normalized spacial score (nSPS) is 23.9. The van der Waals surface area contributed by atoms with E-state index in [4.69, 9.17) is 9.47 Å². The summed E-state index contributed by atoms with van der Waals surface area (Å²) in [6, 6.07) is 0. The van der Waals surface area contributed by atoms with E-state index >= 15 is 0 Å². The second-order valence-corrected chi connectivity index (χ2v) is 14.4. The van der Waals surface area contributed by atoms with E-state index in [1.54, 1.807) is 0 Å². The highest BCUT2D eigenvalue weighted by atomic mass is 16.7. The number of aliphatic hydroxyl groups is 4. The lowest BCUT2D eigenvalue weighted by atomic mass is 9.96. The van der Waals surface area contributed by atoms with Crippen LogP contribution in [0.1, 0.15) is 88.5 Å². The van der Waals surface area contributed by atoms with Crippen molar-refractivity contribution in [1.29, 1.82) is 0 Å². The van der Waals surface area contributed by atoms with Crippen LogP contribution in [-0.2, 0) is 9.47 Å². The maximum atomic E-state index is 10.3. The van der Waals surface area contributed by atoms with Crippen molar-refractivity contribution in [2.45, 2.75) is 125 Å². The van der Waals surface area contributed by atoms with Crippen LogP contribution < -0.4 is 0 Å². The van der Waals surface area contributed by atoms with Crippen LogP contribution in [-0.4, -0.2) is 63.3 Å². The zero-order chi connectivity index (χ0) is 39.1. The molecular weight excluding hydrogens is 649 g/mol. The van der Waals surface area contributed by atoms with Gasteiger partial charge in [-0.25, -0.2) is 0 Å². The van der Waals surface area contributed by atoms with Gasteiger partial charge in [-0.1, -0.05) is 154 Å². The zero-order valence-corrected chi connectivity index (χ0v) is 33.3. The van der Waals surface area contributed by atoms with Crippen molar-refractivity contribution in [3.8, 4) is 0 Å². The summed E-state index contributed by atoms with van der Waals surface area (Å²) in [5, 5.41) is 39.7. The molecule has 4 N–H and O–H groups in total. The van der Waals surface area contributed by atoms with Crippen molar-refractivity contribution in [2.24, 2.45) is 0 Å². The van der Waals surface area contributed by atoms with Gasteiger partial charge in [0.25, 0.3) is 0 Å². The average Bonchev–Trinajstić information content (AvgIpc) is 3.06. The average molecular weight is 715 g/mol. The molecule has 6 nitrogen and oxygen atoms in total. The molecule has 0 aromatic carbocycles. The number of aliphatic hydroxyl groups excluding tert-OH is 4. The molecule has 0 aromatic heterocycles. The lowest BCUT2D eigenvalue weighted by molar-refractivity contribution is -0.323. The molecule has 5 atom stereocenters. The Labute approximate surface area is 315 Å². The smallest absolute Gasteiger partial charge is 0.187 e. The monoisotopic (exact) mass is 714 g/mol. The van der Waals surface area contributed by atoms with E-state index in [0.29, 0.717) is 6.42 Å². The number of ether oxygens (including phenoxy) is 2. The van der Waals surface area contributed by atoms with Crippen LogP contribution in [0.15, 0.2) is 154 Å². The van der Waals surface area contributed by atoms with Gasteiger partial charge in [-0.3, -0.25) is 0 Å². The lowest BCUT2D eigenvalue weighted by Gasteiger charge is -2.42. The lowest BCUT2D eigenvalue weighted by Crippen LogP contribution is -2.60. The highest BCUT2D eigenvalue weighted by molar-refractivity contribution is 5.33. The van der Waals surface area contributed by atoms with E-state index in [2.05, 4.69) is 165 Å². The number of allylic oxidation sites excluding steroid dienone is 26. The second kappa shape index (κ2) is 25.4. The minimum absolute atomic E-state index is 0.480. The quantitative estimate of drug-likeness (QED) is 0.0995. The van der Waals surface area contributed by atoms with Crippen molar-refractivity contribution in [2.75, 3.05) is 6.61 Å². The van der Waals surface area contributed by atoms with Crippen molar-refractivity contribution < 1.29 is 29.9 Å². The zero-order valence-electron chi connectivity index (χ0n) is 33.3. The van der Waals surface area contributed by atoms with Crippen LogP contribution in [0.25, 0.3) is 0 Å². The van der Waals surface area contributed by atoms with E-state index in [1.807, 2.05) is 19.9 Å². The fraction of sp³-hybridized carbons (Fsp3) is 0.435. The molecular formula is C46H66O6. The van der Waals surface area contributed by atoms with Gasteiger partial charge in [-0.15, -0.1) is 0 Å². The van der Waals surface area contributed by atoms with Crippen LogP contribution in [0.3, 0.4) is 0 Å². The molecule has 6 heteroatoms. The van der Waals surface area contributed by atoms with Gasteiger partial charge in [0.2, 0.25) is 0 Å². The van der Waals surface area contributed by atoms with Gasteiger partial charge in [-0.2, -0.15) is 0 Å². The summed E-state index contributed by atoms with van der Waals surface area (Å²) < 4.78 is 11.4. The molecule has 0 aliphatic carbocycles. The fourth-order valence-electron chi connectivity index (χ4n) is 4.92. The van der Waals surface area contributed by atoms with Gasteiger partial charge in [0.1, 0.15) is 24.4 Å². The fourth-order valence-corrected chi connectivity index (χ4v) is 4.92. The van der Waals surface area contributed by atoms with Crippen molar-refractivity contribution in [3.63, 3.8) is 0 Å². The van der Waals surface area contributed by atoms with E-state index in [0.717, 1.165) is 24.0 Å². The highest BCUT2D eigenvalue weighted by Gasteiger charge is 2.45. The Hall–Kier alpha value is -3.62. The molecule has 1 heterocycles. The summed E-state index contributed by atoms with van der Waals surface area (Å²) in [6.07, 6.45) is 35.7. The molecule has 1 aliphatic heterocycles. The molecule has 0 spiro atoms. The first kappa shape index (κ1) is 46.4. The predicted molar refractivity (Wildman–Crippen MR) is 220 cm³/mol. The topological polar surface area (TPSA) is 99.4 Å². The van der Waals surface area contributed by atoms with Gasteiger partial charge in [0.05, 0.1) is 12.2 Å². The van der Waals surface area contributed by atoms with Crippen LogP contribution in [0.4, 0.5) is 0 Å². The summed E-state index contributed by atoms with van der Waals surface area (Å²) in [5.74, 6) is 0. The maximum absolute atomic E-state index is 10.3. The van der Waals surface area contributed by atoms with Crippen LogP contribution in [0.5, 0.6) is 0 Å². The van der Waals surface area contributed by atoms with Crippen molar-refractivity contribution in [1.82, 2.24) is 0 Å². The molecule has 0 saturated carbocycles. The summed E-state index contributed by atoms with van der Waals surface area (Å²) in [6.45, 7) is 20.0. The summed E-state index contributed by atoms with van der Waals surface area (Å²) in [5.41, 5.74) is 7.74. The second-order valence-electron chi connectivity index (χ2n) is 14.4. The Morgan fingerprint density at radius 3 is 1.38 bits per heavy atom.